The van der Waals surface area contributed by atoms with Gasteiger partial charge in [0.15, 0.2) is 11.7 Å². The smallest absolute Gasteiger partial charge is 0.305 e. The molecule has 0 aliphatic carbocycles. The predicted octanol–water partition coefficient (Wildman–Crippen LogP) is -4.05. The summed E-state index contributed by atoms with van der Waals surface area (Å²) in [6.45, 7) is 1.93. The lowest BCUT2D eigenvalue weighted by atomic mass is 10.0. The summed E-state index contributed by atoms with van der Waals surface area (Å²) < 4.78 is 0. The van der Waals surface area contributed by atoms with Crippen LogP contribution in [0.1, 0.15) is 57.9 Å². The molecular weight excluding hydrogens is 949 g/mol. The van der Waals surface area contributed by atoms with E-state index in [1.165, 1.54) is 13.8 Å². The molecule has 2 bridgehead atoms. The summed E-state index contributed by atoms with van der Waals surface area (Å²) in [4.78, 5) is 143. The summed E-state index contributed by atoms with van der Waals surface area (Å²) in [5.74, 6) is -10.4. The highest BCUT2D eigenvalue weighted by Crippen LogP contribution is 2.24. The van der Waals surface area contributed by atoms with Crippen LogP contribution in [0.3, 0.4) is 0 Å². The number of thioether (sulfide) groups is 1. The van der Waals surface area contributed by atoms with Crippen molar-refractivity contribution < 1.29 is 58.2 Å². The van der Waals surface area contributed by atoms with E-state index in [4.69, 9.17) is 11.5 Å². The molecule has 3 rings (SSSR count). The van der Waals surface area contributed by atoms with Crippen molar-refractivity contribution in [2.45, 2.75) is 101 Å². The number of carbonyl (C=O) groups is 10. The second kappa shape index (κ2) is 29.6. The summed E-state index contributed by atoms with van der Waals surface area (Å²) in [5.41, 5.74) is 11.5. The van der Waals surface area contributed by atoms with Crippen molar-refractivity contribution in [1.29, 1.82) is 0 Å². The first-order valence-corrected chi connectivity index (χ1v) is 25.2. The van der Waals surface area contributed by atoms with E-state index >= 15 is 0 Å². The highest BCUT2D eigenvalue weighted by atomic mass is 33.1. The highest BCUT2D eigenvalue weighted by Gasteiger charge is 2.34. The Morgan fingerprint density at radius 3 is 1.82 bits per heavy atom. The maximum absolute atomic E-state index is 14.2. The van der Waals surface area contributed by atoms with E-state index in [1.54, 1.807) is 30.3 Å². The van der Waals surface area contributed by atoms with Crippen molar-refractivity contribution >= 4 is 104 Å². The van der Waals surface area contributed by atoms with Gasteiger partial charge in [-0.3, -0.25) is 52.9 Å². The third kappa shape index (κ3) is 21.3. The van der Waals surface area contributed by atoms with Gasteiger partial charge in [-0.25, -0.2) is 0 Å². The number of amides is 8. The summed E-state index contributed by atoms with van der Waals surface area (Å²) >= 11 is 0.973. The maximum Gasteiger partial charge on any atom is 0.305 e. The Kier molecular flexibility index (Phi) is 24.5. The van der Waals surface area contributed by atoms with Crippen molar-refractivity contribution in [3.63, 3.8) is 0 Å². The lowest BCUT2D eigenvalue weighted by molar-refractivity contribution is -0.216. The van der Waals surface area contributed by atoms with Crippen molar-refractivity contribution in [3.8, 4) is 0 Å². The number of benzene rings is 1. The number of aliphatic imine (C=N–C) groups is 2. The SMILES string of the molecule is CC(=O)[C@@H]1CSCC(=O)N[C@@H](CCCCN=C(C)[O-])C(=O)N[C@H]2CSSC[C@H](NC(=O)[C@H](CC(=O)O)NC(=O)CNC(=O)[C@H](CCCN=C(N)N)NC2=O)C(=O)N[C@@H](Cc2ccccc2)C(=O)N1. The first-order chi connectivity index (χ1) is 32.3. The van der Waals surface area contributed by atoms with Gasteiger partial charge in [-0.15, -0.1) is 11.8 Å². The Bertz CT molecular complexity index is 2020. The molecule has 2 fully saturated rings. The van der Waals surface area contributed by atoms with Gasteiger partial charge >= 0.3 is 5.97 Å². The van der Waals surface area contributed by atoms with Crippen LogP contribution in [-0.4, -0.2) is 161 Å². The fraction of sp³-hybridized carbons (Fsp3) is 0.561. The van der Waals surface area contributed by atoms with Gasteiger partial charge in [0.05, 0.1) is 24.8 Å². The molecule has 0 radical (unpaired) electrons. The van der Waals surface area contributed by atoms with Gasteiger partial charge in [-0.05, 0) is 57.4 Å². The maximum atomic E-state index is 14.2. The number of unbranched alkanes of at least 4 members (excludes halogenated alkanes) is 1. The van der Waals surface area contributed by atoms with E-state index in [0.29, 0.717) is 18.4 Å². The number of ketones is 1. The number of hydrogen-bond acceptors (Lipinski definition) is 16. The number of carboxylic acid groups (broad SMARTS) is 1. The highest BCUT2D eigenvalue weighted by molar-refractivity contribution is 8.76. The van der Waals surface area contributed by atoms with Gasteiger partial charge < -0.3 is 69.2 Å². The van der Waals surface area contributed by atoms with Crippen LogP contribution in [0.2, 0.25) is 0 Å². The van der Waals surface area contributed by atoms with Gasteiger partial charge in [0, 0.05) is 36.8 Å². The van der Waals surface area contributed by atoms with Crippen LogP contribution in [0.5, 0.6) is 0 Å². The number of rotatable bonds is 14. The zero-order valence-electron chi connectivity index (χ0n) is 37.5. The molecule has 2 heterocycles. The lowest BCUT2D eigenvalue weighted by Gasteiger charge is -2.27. The van der Waals surface area contributed by atoms with Crippen LogP contribution in [0.15, 0.2) is 40.3 Å². The standard InChI is InChI=1S/C41H60N12O12S3/c1-22(54)29-18-66-21-33(57)47-26(11-6-7-13-44-23(2)55)36(61)52-30-19-67-68-20-31(40(65)50-27(37(62)51-29)15-24-9-4-3-5-10-24)53-38(63)28(16-34(58)59)48-32(56)17-46-35(60)25(49-39(30)64)12-8-14-45-41(42)43/h3-5,9-10,25-31H,6-8,11-21H2,1-2H3,(H,44,55)(H,46,60)(H,47,57)(H,48,56)(H,49,64)(H,50,65)(H,51,62)(H,52,61)(H,53,63)(H,58,59)(H4,42,43,45)/p-1/t25-,26-,27-,28-,29-,30-,31-/m0/s1. The Morgan fingerprint density at radius 2 is 1.22 bits per heavy atom. The Labute approximate surface area is 404 Å². The van der Waals surface area contributed by atoms with Crippen LogP contribution < -0.4 is 59.1 Å². The second-order valence-electron chi connectivity index (χ2n) is 15.6. The van der Waals surface area contributed by atoms with Crippen LogP contribution in [-0.2, 0) is 54.4 Å². The number of Topliss-reactive ketones (excluding diaryl/α,β-unsaturated/α-hetero) is 1. The zero-order valence-corrected chi connectivity index (χ0v) is 40.0. The topological polar surface area (TPSA) is 387 Å². The molecule has 0 unspecified atom stereocenters. The van der Waals surface area contributed by atoms with E-state index in [0.717, 1.165) is 33.3 Å². The predicted molar refractivity (Wildman–Crippen MR) is 254 cm³/mol. The van der Waals surface area contributed by atoms with Gasteiger partial charge in [-0.1, -0.05) is 51.9 Å². The molecule has 0 spiro atoms. The van der Waals surface area contributed by atoms with Crippen molar-refractivity contribution in [2.24, 2.45) is 21.5 Å². The number of aliphatic carboxylic acids is 1. The van der Waals surface area contributed by atoms with E-state index in [1.807, 2.05) is 0 Å². The molecule has 1 aromatic rings. The first kappa shape index (κ1) is 56.2. The zero-order chi connectivity index (χ0) is 50.2. The Hall–Kier alpha value is -6.09. The minimum atomic E-state index is -1.76. The average Bonchev–Trinajstić information content (AvgIpc) is 3.27. The monoisotopic (exact) mass is 1010 g/mol. The number of guanidine groups is 1. The quantitative estimate of drug-likeness (QED) is 0.0366. The minimum Gasteiger partial charge on any atom is -0.862 e. The Morgan fingerprint density at radius 1 is 0.662 bits per heavy atom. The molecule has 8 amide bonds. The number of nitrogens with one attached hydrogen (secondary N) is 8. The molecule has 0 saturated carbocycles. The fourth-order valence-corrected chi connectivity index (χ4v) is 9.71. The number of carboxylic acids is 1. The molecular formula is C41H59N12O12S3-. The molecule has 68 heavy (non-hydrogen) atoms. The fourth-order valence-electron chi connectivity index (χ4n) is 6.44. The largest absolute Gasteiger partial charge is 0.862 e. The average molecular weight is 1010 g/mol. The molecule has 7 atom stereocenters. The molecule has 24 nitrogen and oxygen atoms in total. The van der Waals surface area contributed by atoms with Gasteiger partial charge in [-0.2, -0.15) is 0 Å². The van der Waals surface area contributed by atoms with Crippen LogP contribution in [0.4, 0.5) is 0 Å². The molecule has 2 aliphatic heterocycles. The number of carbonyl (C=O) groups excluding carboxylic acids is 9. The van der Waals surface area contributed by atoms with E-state index in [9.17, 15) is 58.2 Å². The molecule has 13 N–H and O–H groups in total. The van der Waals surface area contributed by atoms with Gasteiger partial charge in [0.1, 0.15) is 36.3 Å². The van der Waals surface area contributed by atoms with Gasteiger partial charge in [0.25, 0.3) is 0 Å². The van der Waals surface area contributed by atoms with E-state index < -0.39 is 114 Å². The van der Waals surface area contributed by atoms with Crippen LogP contribution in [0, 0.1) is 0 Å². The second-order valence-corrected chi connectivity index (χ2v) is 19.2. The summed E-state index contributed by atoms with van der Waals surface area (Å²) in [6.07, 6.45) is -0.233. The first-order valence-electron chi connectivity index (χ1n) is 21.5. The normalized spacial score (nSPS) is 24.7. The Balaban J connectivity index is 2.14. The molecule has 27 heteroatoms. The summed E-state index contributed by atoms with van der Waals surface area (Å²) in [5, 5.41) is 41.3. The number of hydrogen-bond donors (Lipinski definition) is 11. The van der Waals surface area contributed by atoms with E-state index in [2.05, 4.69) is 52.5 Å². The van der Waals surface area contributed by atoms with E-state index in [-0.39, 0.29) is 73.6 Å². The molecule has 2 aliphatic rings. The number of nitrogens with two attached hydrogens (primary N) is 2. The molecule has 1 aromatic carbocycles. The molecule has 374 valence electrons. The minimum absolute atomic E-state index is 0.0398. The van der Waals surface area contributed by atoms with Crippen molar-refractivity contribution in [2.75, 3.05) is 42.6 Å². The van der Waals surface area contributed by atoms with Crippen molar-refractivity contribution in [1.82, 2.24) is 42.5 Å². The van der Waals surface area contributed by atoms with Crippen LogP contribution in [0.25, 0.3) is 0 Å². The molecule has 2 saturated heterocycles. The molecule has 0 aromatic heterocycles. The third-order valence-corrected chi connectivity index (χ3v) is 13.4. The third-order valence-electron chi connectivity index (χ3n) is 9.98. The summed E-state index contributed by atoms with van der Waals surface area (Å²) in [7, 11) is 1.90. The van der Waals surface area contributed by atoms with Gasteiger partial charge in [0.2, 0.25) is 47.3 Å². The van der Waals surface area contributed by atoms with Crippen molar-refractivity contribution in [3.05, 3.63) is 35.9 Å². The number of nitrogens with zero attached hydrogens (tertiary/aromatic N) is 2. The van der Waals surface area contributed by atoms with Crippen LogP contribution >= 0.6 is 33.3 Å². The lowest BCUT2D eigenvalue weighted by Crippen LogP contribution is -2.59. The summed E-state index contributed by atoms with van der Waals surface area (Å²) in [6, 6.07) is -1.22. The number of fused-ring (bicyclic) bond motifs is 5.